The molecule has 5 rings (SSSR count). The van der Waals surface area contributed by atoms with Gasteiger partial charge in [-0.05, 0) is 48.4 Å². The van der Waals surface area contributed by atoms with Gasteiger partial charge in [0, 0.05) is 50.9 Å². The second kappa shape index (κ2) is 9.78. The van der Waals surface area contributed by atoms with Crippen molar-refractivity contribution in [2.24, 2.45) is 0 Å². The number of aromatic nitrogens is 2. The van der Waals surface area contributed by atoms with E-state index in [4.69, 9.17) is 4.74 Å². The van der Waals surface area contributed by atoms with E-state index in [1.807, 2.05) is 71.1 Å². The number of benzene rings is 2. The number of hydrogen-bond donors (Lipinski definition) is 0. The Morgan fingerprint density at radius 3 is 2.63 bits per heavy atom. The number of nitrogens with zero attached hydrogens (tertiary/aromatic N) is 4. The second-order valence-electron chi connectivity index (χ2n) is 8.92. The standard InChI is InChI=1S/C28H29FN4O2/c1-20-7-6-12-33-25(19-30-28(20)33)23(21-8-5-9-22(29)17-21)18-27(34)32-15-13-31(14-16-32)24-10-3-4-11-26(24)35-2/h3-12,17,19,23H,13-16,18H2,1-2H3. The third-order valence-corrected chi connectivity index (χ3v) is 6.80. The Bertz CT molecular complexity index is 1340. The fourth-order valence-electron chi connectivity index (χ4n) is 4.94. The van der Waals surface area contributed by atoms with Gasteiger partial charge in [-0.15, -0.1) is 0 Å². The van der Waals surface area contributed by atoms with E-state index in [0.29, 0.717) is 13.1 Å². The molecule has 0 saturated carbocycles. The molecule has 0 radical (unpaired) electrons. The van der Waals surface area contributed by atoms with Crippen LogP contribution in [0.4, 0.5) is 10.1 Å². The van der Waals surface area contributed by atoms with Crippen LogP contribution in [0.3, 0.4) is 0 Å². The number of carbonyl (C=O) groups is 1. The summed E-state index contributed by atoms with van der Waals surface area (Å²) in [5, 5.41) is 0. The van der Waals surface area contributed by atoms with Crippen LogP contribution in [0.1, 0.15) is 29.2 Å². The number of carbonyl (C=O) groups excluding carboxylic acids is 1. The molecule has 4 aromatic rings. The SMILES string of the molecule is COc1ccccc1N1CCN(C(=O)CC(c2cccc(F)c2)c2cnc3c(C)cccn23)CC1. The summed E-state index contributed by atoms with van der Waals surface area (Å²) in [4.78, 5) is 22.2. The van der Waals surface area contributed by atoms with Crippen molar-refractivity contribution >= 4 is 17.2 Å². The van der Waals surface area contributed by atoms with Crippen molar-refractivity contribution in [3.05, 3.63) is 95.7 Å². The van der Waals surface area contributed by atoms with Gasteiger partial charge in [-0.25, -0.2) is 9.37 Å². The Hall–Kier alpha value is -3.87. The molecule has 2 aromatic carbocycles. The molecule has 1 fully saturated rings. The van der Waals surface area contributed by atoms with Gasteiger partial charge < -0.3 is 18.9 Å². The highest BCUT2D eigenvalue weighted by molar-refractivity contribution is 5.78. The first-order valence-corrected chi connectivity index (χ1v) is 11.9. The Balaban J connectivity index is 1.37. The number of halogens is 1. The van der Waals surface area contributed by atoms with Gasteiger partial charge in [-0.3, -0.25) is 4.79 Å². The lowest BCUT2D eigenvalue weighted by Crippen LogP contribution is -2.49. The number of amides is 1. The molecule has 7 heteroatoms. The van der Waals surface area contributed by atoms with E-state index in [0.717, 1.165) is 47.0 Å². The van der Waals surface area contributed by atoms with Gasteiger partial charge in [0.2, 0.25) is 5.91 Å². The average molecular weight is 473 g/mol. The molecule has 180 valence electrons. The predicted octanol–water partition coefficient (Wildman–Crippen LogP) is 4.66. The zero-order chi connectivity index (χ0) is 24.4. The molecule has 1 saturated heterocycles. The molecule has 2 aromatic heterocycles. The number of anilines is 1. The van der Waals surface area contributed by atoms with Crippen molar-refractivity contribution in [1.82, 2.24) is 14.3 Å². The fraction of sp³-hybridized carbons (Fsp3) is 0.286. The van der Waals surface area contributed by atoms with Crippen LogP contribution in [0, 0.1) is 12.7 Å². The Labute approximate surface area is 204 Å². The summed E-state index contributed by atoms with van der Waals surface area (Å²) < 4.78 is 21.7. The van der Waals surface area contributed by atoms with E-state index in [9.17, 15) is 9.18 Å². The minimum absolute atomic E-state index is 0.0570. The summed E-state index contributed by atoms with van der Waals surface area (Å²) in [6.45, 7) is 4.71. The van der Waals surface area contributed by atoms with E-state index in [1.165, 1.54) is 12.1 Å². The zero-order valence-electron chi connectivity index (χ0n) is 20.0. The molecule has 6 nitrogen and oxygen atoms in total. The maximum atomic E-state index is 14.2. The minimum Gasteiger partial charge on any atom is -0.495 e. The number of piperazine rings is 1. The van der Waals surface area contributed by atoms with E-state index < -0.39 is 0 Å². The van der Waals surface area contributed by atoms with Crippen molar-refractivity contribution < 1.29 is 13.9 Å². The van der Waals surface area contributed by atoms with Crippen LogP contribution in [0.25, 0.3) is 5.65 Å². The van der Waals surface area contributed by atoms with Crippen molar-refractivity contribution in [3.63, 3.8) is 0 Å². The number of methoxy groups -OCH3 is 1. The van der Waals surface area contributed by atoms with E-state index in [2.05, 4.69) is 9.88 Å². The van der Waals surface area contributed by atoms with Crippen LogP contribution in [0.2, 0.25) is 0 Å². The number of hydrogen-bond acceptors (Lipinski definition) is 4. The summed E-state index contributed by atoms with van der Waals surface area (Å²) in [5.41, 5.74) is 4.60. The molecule has 0 bridgehead atoms. The molecule has 0 spiro atoms. The largest absolute Gasteiger partial charge is 0.495 e. The number of imidazole rings is 1. The molecule has 3 heterocycles. The number of fused-ring (bicyclic) bond motifs is 1. The topological polar surface area (TPSA) is 50.1 Å². The van der Waals surface area contributed by atoms with Crippen molar-refractivity contribution in [2.75, 3.05) is 38.2 Å². The van der Waals surface area contributed by atoms with Crippen molar-refractivity contribution in [2.45, 2.75) is 19.3 Å². The first-order chi connectivity index (χ1) is 17.0. The number of rotatable bonds is 6. The molecule has 1 aliphatic heterocycles. The molecular formula is C28H29FN4O2. The van der Waals surface area contributed by atoms with Gasteiger partial charge in [-0.1, -0.05) is 30.3 Å². The number of para-hydroxylation sites is 2. The van der Waals surface area contributed by atoms with Crippen LogP contribution >= 0.6 is 0 Å². The van der Waals surface area contributed by atoms with Crippen LogP contribution in [-0.2, 0) is 4.79 Å². The van der Waals surface area contributed by atoms with Gasteiger partial charge in [0.15, 0.2) is 0 Å². The van der Waals surface area contributed by atoms with Crippen LogP contribution in [0.5, 0.6) is 5.75 Å². The van der Waals surface area contributed by atoms with Gasteiger partial charge in [0.1, 0.15) is 17.2 Å². The number of pyridine rings is 1. The van der Waals surface area contributed by atoms with Gasteiger partial charge in [-0.2, -0.15) is 0 Å². The molecule has 0 aliphatic carbocycles. The lowest BCUT2D eigenvalue weighted by atomic mass is 9.92. The lowest BCUT2D eigenvalue weighted by molar-refractivity contribution is -0.131. The monoisotopic (exact) mass is 472 g/mol. The van der Waals surface area contributed by atoms with Gasteiger partial charge >= 0.3 is 0 Å². The molecular weight excluding hydrogens is 443 g/mol. The normalized spacial score (nSPS) is 14.8. The summed E-state index contributed by atoms with van der Waals surface area (Å²) in [6, 6.07) is 18.5. The van der Waals surface area contributed by atoms with Crippen LogP contribution < -0.4 is 9.64 Å². The molecule has 1 unspecified atom stereocenters. The predicted molar refractivity (Wildman–Crippen MR) is 135 cm³/mol. The average Bonchev–Trinajstić information content (AvgIpc) is 3.32. The van der Waals surface area contributed by atoms with E-state index in [1.54, 1.807) is 13.2 Å². The summed E-state index contributed by atoms with van der Waals surface area (Å²) in [5.74, 6) is 0.278. The Morgan fingerprint density at radius 1 is 1.06 bits per heavy atom. The van der Waals surface area contributed by atoms with Crippen LogP contribution in [0.15, 0.2) is 73.1 Å². The van der Waals surface area contributed by atoms with E-state index >= 15 is 0 Å². The highest BCUT2D eigenvalue weighted by atomic mass is 19.1. The Morgan fingerprint density at radius 2 is 1.86 bits per heavy atom. The van der Waals surface area contributed by atoms with E-state index in [-0.39, 0.29) is 24.1 Å². The number of aryl methyl sites for hydroxylation is 1. The van der Waals surface area contributed by atoms with Gasteiger partial charge in [0.05, 0.1) is 18.5 Å². The molecule has 1 aliphatic rings. The fourth-order valence-corrected chi connectivity index (χ4v) is 4.94. The highest BCUT2D eigenvalue weighted by Gasteiger charge is 2.28. The zero-order valence-corrected chi connectivity index (χ0v) is 20.0. The summed E-state index contributed by atoms with van der Waals surface area (Å²) in [7, 11) is 1.67. The quantitative estimate of drug-likeness (QED) is 0.410. The minimum atomic E-state index is -0.310. The molecule has 35 heavy (non-hydrogen) atoms. The smallest absolute Gasteiger partial charge is 0.223 e. The summed E-state index contributed by atoms with van der Waals surface area (Å²) in [6.07, 6.45) is 4.01. The third-order valence-electron chi connectivity index (χ3n) is 6.80. The Kier molecular flexibility index (Phi) is 6.40. The second-order valence-corrected chi connectivity index (χ2v) is 8.92. The first-order valence-electron chi connectivity index (χ1n) is 11.9. The van der Waals surface area contributed by atoms with Crippen LogP contribution in [-0.4, -0.2) is 53.5 Å². The maximum absolute atomic E-state index is 14.2. The van der Waals surface area contributed by atoms with Crippen molar-refractivity contribution in [1.29, 1.82) is 0 Å². The first kappa shape index (κ1) is 22.9. The lowest BCUT2D eigenvalue weighted by Gasteiger charge is -2.37. The highest BCUT2D eigenvalue weighted by Crippen LogP contribution is 2.32. The number of ether oxygens (including phenoxy) is 1. The molecule has 1 amide bonds. The maximum Gasteiger partial charge on any atom is 0.223 e. The summed E-state index contributed by atoms with van der Waals surface area (Å²) >= 11 is 0. The van der Waals surface area contributed by atoms with Gasteiger partial charge in [0.25, 0.3) is 0 Å². The third kappa shape index (κ3) is 4.58. The molecule has 0 N–H and O–H groups in total. The van der Waals surface area contributed by atoms with Crippen molar-refractivity contribution in [3.8, 4) is 5.75 Å². The molecule has 1 atom stereocenters.